The van der Waals surface area contributed by atoms with Crippen molar-refractivity contribution in [2.75, 3.05) is 0 Å². The van der Waals surface area contributed by atoms with Crippen LogP contribution in [0.4, 0.5) is 13.2 Å². The first-order valence-electron chi connectivity index (χ1n) is 6.83. The van der Waals surface area contributed by atoms with Crippen LogP contribution in [0.25, 0.3) is 22.0 Å². The molecule has 0 unspecified atom stereocenters. The number of nitrogens with zero attached hydrogens (tertiary/aromatic N) is 1. The summed E-state index contributed by atoms with van der Waals surface area (Å²) in [6, 6.07) is 4.99. The molecule has 0 radical (unpaired) electrons. The molecule has 3 aromatic rings. The van der Waals surface area contributed by atoms with E-state index in [0.717, 1.165) is 0 Å². The Labute approximate surface area is 133 Å². The standard InChI is InChI=1S/C17H10F3NO3/c18-10-4-13(19)15(14(20)5-10)16-12-3-8(17(23)24)1-2-11(12)9(7-22)6-21-16/h1-6,22H,7H2,(H,23,24). The van der Waals surface area contributed by atoms with Crippen molar-refractivity contribution >= 4 is 16.7 Å². The molecule has 0 saturated carbocycles. The van der Waals surface area contributed by atoms with Crippen molar-refractivity contribution in [2.45, 2.75) is 6.61 Å². The van der Waals surface area contributed by atoms with E-state index in [0.29, 0.717) is 23.1 Å². The molecule has 0 aliphatic carbocycles. The molecule has 2 aromatic carbocycles. The smallest absolute Gasteiger partial charge is 0.335 e. The normalized spacial score (nSPS) is 11.0. The Balaban J connectivity index is 2.40. The number of carboxylic acids is 1. The number of halogens is 3. The molecule has 0 aliphatic rings. The van der Waals surface area contributed by atoms with E-state index in [1.165, 1.54) is 24.4 Å². The van der Waals surface area contributed by atoms with E-state index in [2.05, 4.69) is 4.98 Å². The van der Waals surface area contributed by atoms with E-state index < -0.39 is 29.0 Å². The predicted molar refractivity (Wildman–Crippen MR) is 79.9 cm³/mol. The Morgan fingerprint density at radius 2 is 1.71 bits per heavy atom. The molecule has 0 fully saturated rings. The number of aliphatic hydroxyl groups is 1. The van der Waals surface area contributed by atoms with Crippen LogP contribution in [0.3, 0.4) is 0 Å². The summed E-state index contributed by atoms with van der Waals surface area (Å²) in [6.45, 7) is -0.384. The van der Waals surface area contributed by atoms with Gasteiger partial charge in [0.2, 0.25) is 0 Å². The Morgan fingerprint density at radius 1 is 1.04 bits per heavy atom. The summed E-state index contributed by atoms with van der Waals surface area (Å²) in [5, 5.41) is 19.0. The summed E-state index contributed by atoms with van der Waals surface area (Å²) in [5.41, 5.74) is -0.467. The molecule has 0 bridgehead atoms. The number of rotatable bonds is 3. The summed E-state index contributed by atoms with van der Waals surface area (Å²) >= 11 is 0. The zero-order valence-electron chi connectivity index (χ0n) is 12.1. The van der Waals surface area contributed by atoms with Crippen molar-refractivity contribution in [3.63, 3.8) is 0 Å². The van der Waals surface area contributed by atoms with Crippen molar-refractivity contribution in [1.29, 1.82) is 0 Å². The van der Waals surface area contributed by atoms with Gasteiger partial charge < -0.3 is 10.2 Å². The second-order valence-electron chi connectivity index (χ2n) is 5.10. The predicted octanol–water partition coefficient (Wildman–Crippen LogP) is 3.51. The highest BCUT2D eigenvalue weighted by atomic mass is 19.1. The molecule has 1 aromatic heterocycles. The highest BCUT2D eigenvalue weighted by Crippen LogP contribution is 2.33. The van der Waals surface area contributed by atoms with Crippen LogP contribution in [0.5, 0.6) is 0 Å². The molecule has 24 heavy (non-hydrogen) atoms. The second-order valence-corrected chi connectivity index (χ2v) is 5.10. The van der Waals surface area contributed by atoms with Crippen LogP contribution >= 0.6 is 0 Å². The lowest BCUT2D eigenvalue weighted by Crippen LogP contribution is -2.01. The third-order valence-corrected chi connectivity index (χ3v) is 3.63. The topological polar surface area (TPSA) is 70.4 Å². The van der Waals surface area contributed by atoms with E-state index >= 15 is 0 Å². The fourth-order valence-corrected chi connectivity index (χ4v) is 2.53. The van der Waals surface area contributed by atoms with Gasteiger partial charge >= 0.3 is 5.97 Å². The van der Waals surface area contributed by atoms with E-state index in [1.807, 2.05) is 0 Å². The quantitative estimate of drug-likeness (QED) is 0.769. The molecule has 7 heteroatoms. The van der Waals surface area contributed by atoms with Crippen molar-refractivity contribution < 1.29 is 28.2 Å². The maximum absolute atomic E-state index is 14.1. The Kier molecular flexibility index (Phi) is 3.94. The van der Waals surface area contributed by atoms with Crippen LogP contribution < -0.4 is 0 Å². The summed E-state index contributed by atoms with van der Waals surface area (Å²) in [7, 11) is 0. The molecular weight excluding hydrogens is 323 g/mol. The highest BCUT2D eigenvalue weighted by Gasteiger charge is 2.19. The SMILES string of the molecule is O=C(O)c1ccc2c(CO)cnc(-c3c(F)cc(F)cc3F)c2c1. The van der Waals surface area contributed by atoms with Gasteiger partial charge in [-0.05, 0) is 17.5 Å². The lowest BCUT2D eigenvalue weighted by atomic mass is 9.98. The zero-order valence-corrected chi connectivity index (χ0v) is 12.1. The number of carbonyl (C=O) groups is 1. The maximum atomic E-state index is 14.1. The number of aliphatic hydroxyl groups excluding tert-OH is 1. The van der Waals surface area contributed by atoms with E-state index in [1.54, 1.807) is 0 Å². The van der Waals surface area contributed by atoms with Crippen molar-refractivity contribution in [2.24, 2.45) is 0 Å². The average Bonchev–Trinajstić information content (AvgIpc) is 2.53. The Hall–Kier alpha value is -2.93. The number of benzene rings is 2. The lowest BCUT2D eigenvalue weighted by molar-refractivity contribution is 0.0697. The van der Waals surface area contributed by atoms with Crippen LogP contribution in [-0.4, -0.2) is 21.2 Å². The van der Waals surface area contributed by atoms with Gasteiger partial charge in [-0.2, -0.15) is 0 Å². The van der Waals surface area contributed by atoms with Crippen LogP contribution in [-0.2, 0) is 6.61 Å². The molecule has 1 heterocycles. The molecular formula is C17H10F3NO3. The molecule has 0 atom stereocenters. The van der Waals surface area contributed by atoms with E-state index in [9.17, 15) is 23.1 Å². The van der Waals surface area contributed by atoms with Crippen LogP contribution in [0.15, 0.2) is 36.5 Å². The van der Waals surface area contributed by atoms with Gasteiger partial charge in [-0.25, -0.2) is 18.0 Å². The summed E-state index contributed by atoms with van der Waals surface area (Å²) in [4.78, 5) is 15.1. The Bertz CT molecular complexity index is 950. The third-order valence-electron chi connectivity index (χ3n) is 3.63. The maximum Gasteiger partial charge on any atom is 0.335 e. The number of hydrogen-bond acceptors (Lipinski definition) is 3. The summed E-state index contributed by atoms with van der Waals surface area (Å²) in [6.07, 6.45) is 1.24. The summed E-state index contributed by atoms with van der Waals surface area (Å²) < 4.78 is 41.3. The van der Waals surface area contributed by atoms with Crippen LogP contribution in [0, 0.1) is 17.5 Å². The largest absolute Gasteiger partial charge is 0.478 e. The van der Waals surface area contributed by atoms with Crippen molar-refractivity contribution in [3.05, 3.63) is 65.1 Å². The van der Waals surface area contributed by atoms with Crippen molar-refractivity contribution in [1.82, 2.24) is 4.98 Å². The van der Waals surface area contributed by atoms with Gasteiger partial charge in [0.15, 0.2) is 0 Å². The Morgan fingerprint density at radius 3 is 2.29 bits per heavy atom. The second kappa shape index (κ2) is 5.93. The lowest BCUT2D eigenvalue weighted by Gasteiger charge is -2.12. The minimum absolute atomic E-state index is 0.108. The molecule has 0 aliphatic heterocycles. The molecule has 0 spiro atoms. The summed E-state index contributed by atoms with van der Waals surface area (Å²) in [5.74, 6) is -4.61. The van der Waals surface area contributed by atoms with Crippen LogP contribution in [0.1, 0.15) is 15.9 Å². The van der Waals surface area contributed by atoms with E-state index in [4.69, 9.17) is 5.11 Å². The molecule has 122 valence electrons. The van der Waals surface area contributed by atoms with Crippen LogP contribution in [0.2, 0.25) is 0 Å². The van der Waals surface area contributed by atoms with Gasteiger partial charge in [0.25, 0.3) is 0 Å². The third kappa shape index (κ3) is 2.59. The first-order valence-corrected chi connectivity index (χ1v) is 6.83. The minimum atomic E-state index is -1.22. The van der Waals surface area contributed by atoms with Crippen molar-refractivity contribution in [3.8, 4) is 11.3 Å². The van der Waals surface area contributed by atoms with Gasteiger partial charge in [0.1, 0.15) is 17.5 Å². The highest BCUT2D eigenvalue weighted by molar-refractivity contribution is 6.01. The zero-order chi connectivity index (χ0) is 17.4. The molecule has 0 saturated heterocycles. The fraction of sp³-hybridized carbons (Fsp3) is 0.0588. The first kappa shape index (κ1) is 15.9. The van der Waals surface area contributed by atoms with Gasteiger partial charge in [-0.15, -0.1) is 0 Å². The van der Waals surface area contributed by atoms with Gasteiger partial charge in [-0.3, -0.25) is 4.98 Å². The molecule has 3 rings (SSSR count). The minimum Gasteiger partial charge on any atom is -0.478 e. The average molecular weight is 333 g/mol. The van der Waals surface area contributed by atoms with Gasteiger partial charge in [0, 0.05) is 29.3 Å². The molecule has 0 amide bonds. The fourth-order valence-electron chi connectivity index (χ4n) is 2.53. The molecule has 2 N–H and O–H groups in total. The molecule has 4 nitrogen and oxygen atoms in total. The monoisotopic (exact) mass is 333 g/mol. The number of pyridine rings is 1. The number of carboxylic acid groups (broad SMARTS) is 1. The number of fused-ring (bicyclic) bond motifs is 1. The van der Waals surface area contributed by atoms with E-state index in [-0.39, 0.29) is 23.3 Å². The number of aromatic carboxylic acids is 1. The van der Waals surface area contributed by atoms with Gasteiger partial charge in [0.05, 0.1) is 23.4 Å². The number of aromatic nitrogens is 1. The number of hydrogen-bond donors (Lipinski definition) is 2. The van der Waals surface area contributed by atoms with Gasteiger partial charge in [-0.1, -0.05) is 6.07 Å². The first-order chi connectivity index (χ1) is 11.4.